The number of sulfonamides is 1. The molecule has 0 fully saturated rings. The van der Waals surface area contributed by atoms with Crippen molar-refractivity contribution in [2.45, 2.75) is 9.42 Å². The van der Waals surface area contributed by atoms with Gasteiger partial charge >= 0.3 is 5.51 Å². The highest BCUT2D eigenvalue weighted by Crippen LogP contribution is 2.32. The standard InChI is InChI=1S/C7H12F3NO6S3/c1-4-5-17-18(12)6(20(15,16)11(2)3)19(13,14)7(8,9)10/h4,6H,1,5H2,2-3H3. The van der Waals surface area contributed by atoms with E-state index in [1.54, 1.807) is 0 Å². The van der Waals surface area contributed by atoms with Crippen molar-refractivity contribution in [1.82, 2.24) is 4.31 Å². The van der Waals surface area contributed by atoms with E-state index in [0.29, 0.717) is 0 Å². The van der Waals surface area contributed by atoms with Crippen molar-refractivity contribution in [3.05, 3.63) is 12.7 Å². The normalized spacial score (nSPS) is 16.9. The zero-order valence-electron chi connectivity index (χ0n) is 10.3. The number of hydrogen-bond acceptors (Lipinski definition) is 6. The summed E-state index contributed by atoms with van der Waals surface area (Å²) in [6.07, 6.45) is 0.970. The van der Waals surface area contributed by atoms with Crippen LogP contribution in [0.1, 0.15) is 0 Å². The third-order valence-corrected chi connectivity index (χ3v) is 9.05. The van der Waals surface area contributed by atoms with Crippen molar-refractivity contribution in [3.8, 4) is 0 Å². The first-order valence-electron chi connectivity index (χ1n) is 4.66. The maximum Gasteiger partial charge on any atom is 0.499 e. The molecule has 2 unspecified atom stereocenters. The molecule has 0 aromatic rings. The van der Waals surface area contributed by atoms with Crippen LogP contribution in [0.15, 0.2) is 12.7 Å². The molecule has 0 amide bonds. The number of halogens is 3. The molecule has 0 aliphatic rings. The summed E-state index contributed by atoms with van der Waals surface area (Å²) in [5.74, 6) is 0. The van der Waals surface area contributed by atoms with E-state index in [1.807, 2.05) is 0 Å². The number of nitrogens with zero attached hydrogens (tertiary/aromatic N) is 1. The number of sulfone groups is 1. The van der Waals surface area contributed by atoms with Gasteiger partial charge in [-0.15, -0.1) is 6.58 Å². The van der Waals surface area contributed by atoms with Gasteiger partial charge in [-0.1, -0.05) is 6.08 Å². The van der Waals surface area contributed by atoms with Crippen molar-refractivity contribution in [2.24, 2.45) is 0 Å². The smallest absolute Gasteiger partial charge is 0.285 e. The Kier molecular flexibility index (Phi) is 6.35. The number of hydrogen-bond donors (Lipinski definition) is 0. The molecule has 0 spiro atoms. The van der Waals surface area contributed by atoms with E-state index in [2.05, 4.69) is 10.8 Å². The van der Waals surface area contributed by atoms with Crippen LogP contribution in [0.4, 0.5) is 13.2 Å². The Morgan fingerprint density at radius 2 is 1.75 bits per heavy atom. The molecule has 0 aliphatic carbocycles. The Hall–Kier alpha value is -0.500. The van der Waals surface area contributed by atoms with Crippen LogP contribution in [0.3, 0.4) is 0 Å². The van der Waals surface area contributed by atoms with Gasteiger partial charge in [0.05, 0.1) is 6.61 Å². The summed E-state index contributed by atoms with van der Waals surface area (Å²) in [4.78, 5) is 0. The topological polar surface area (TPSA) is 97.8 Å². The molecule has 0 heterocycles. The first-order chi connectivity index (χ1) is 8.80. The lowest BCUT2D eigenvalue weighted by Gasteiger charge is -2.21. The molecule has 2 atom stereocenters. The molecular formula is C7H12F3NO6S3. The van der Waals surface area contributed by atoms with E-state index in [1.165, 1.54) is 0 Å². The van der Waals surface area contributed by atoms with Crippen LogP contribution < -0.4 is 0 Å². The monoisotopic (exact) mass is 359 g/mol. The Labute approximate surface area is 117 Å². The van der Waals surface area contributed by atoms with E-state index in [0.717, 1.165) is 20.2 Å². The molecule has 120 valence electrons. The SMILES string of the molecule is C=CCOS(=O)C(S(=O)(=O)N(C)C)S(=O)(=O)C(F)(F)F. The van der Waals surface area contributed by atoms with E-state index in [-0.39, 0.29) is 4.31 Å². The highest BCUT2D eigenvalue weighted by atomic mass is 32.3. The van der Waals surface area contributed by atoms with Gasteiger partial charge in [0, 0.05) is 14.1 Å². The molecule has 7 nitrogen and oxygen atoms in total. The molecule has 0 bridgehead atoms. The first-order valence-corrected chi connectivity index (χ1v) is 8.85. The zero-order valence-corrected chi connectivity index (χ0v) is 12.8. The highest BCUT2D eigenvalue weighted by Gasteiger charge is 2.59. The molecule has 0 saturated heterocycles. The van der Waals surface area contributed by atoms with Crippen LogP contribution in [-0.2, 0) is 35.1 Å². The summed E-state index contributed by atoms with van der Waals surface area (Å²) in [7, 11) is -9.69. The van der Waals surface area contributed by atoms with Gasteiger partial charge < -0.3 is 0 Å². The summed E-state index contributed by atoms with van der Waals surface area (Å²) in [6, 6.07) is 0. The lowest BCUT2D eigenvalue weighted by atomic mass is 10.7. The van der Waals surface area contributed by atoms with E-state index in [4.69, 9.17) is 0 Å². The van der Waals surface area contributed by atoms with Crippen LogP contribution in [0.5, 0.6) is 0 Å². The summed E-state index contributed by atoms with van der Waals surface area (Å²) < 4.78 is 96.0. The van der Waals surface area contributed by atoms with Gasteiger partial charge in [0.15, 0.2) is 11.1 Å². The molecule has 20 heavy (non-hydrogen) atoms. The minimum Gasteiger partial charge on any atom is -0.285 e. The highest BCUT2D eigenvalue weighted by molar-refractivity contribution is 8.20. The molecule has 13 heteroatoms. The summed E-state index contributed by atoms with van der Waals surface area (Å²) in [6.45, 7) is 2.53. The molecule has 0 aromatic heterocycles. The van der Waals surface area contributed by atoms with Gasteiger partial charge in [-0.2, -0.15) is 13.2 Å². The molecule has 0 radical (unpaired) electrons. The quantitative estimate of drug-likeness (QED) is 0.592. The zero-order chi connectivity index (χ0) is 16.4. The molecular weight excluding hydrogens is 347 g/mol. The van der Waals surface area contributed by atoms with Crippen LogP contribution in [0.2, 0.25) is 0 Å². The fraction of sp³-hybridized carbons (Fsp3) is 0.714. The van der Waals surface area contributed by atoms with E-state index in [9.17, 15) is 34.2 Å². The van der Waals surface area contributed by atoms with Gasteiger partial charge in [0.1, 0.15) is 0 Å². The van der Waals surface area contributed by atoms with E-state index >= 15 is 0 Å². The van der Waals surface area contributed by atoms with Crippen LogP contribution >= 0.6 is 0 Å². The minimum atomic E-state index is -6.26. The lowest BCUT2D eigenvalue weighted by Crippen LogP contribution is -2.47. The maximum absolute atomic E-state index is 12.5. The molecule has 0 saturated carbocycles. The number of rotatable bonds is 7. The van der Waals surface area contributed by atoms with Gasteiger partial charge in [-0.25, -0.2) is 25.3 Å². The lowest BCUT2D eigenvalue weighted by molar-refractivity contribution is -0.0434. The Morgan fingerprint density at radius 1 is 1.30 bits per heavy atom. The van der Waals surface area contributed by atoms with Gasteiger partial charge in [0.25, 0.3) is 13.8 Å². The fourth-order valence-electron chi connectivity index (χ4n) is 0.815. The molecule has 0 rings (SSSR count). The Morgan fingerprint density at radius 3 is 2.05 bits per heavy atom. The predicted molar refractivity (Wildman–Crippen MR) is 65.7 cm³/mol. The summed E-state index contributed by atoms with van der Waals surface area (Å²) in [5, 5.41) is 0. The van der Waals surface area contributed by atoms with Gasteiger partial charge in [-0.05, 0) is 0 Å². The molecule has 0 aromatic carbocycles. The largest absolute Gasteiger partial charge is 0.499 e. The van der Waals surface area contributed by atoms with Crippen LogP contribution in [0.25, 0.3) is 0 Å². The second-order valence-electron chi connectivity index (χ2n) is 3.44. The molecule has 0 N–H and O–H groups in total. The first kappa shape index (κ1) is 19.5. The second kappa shape index (κ2) is 6.51. The predicted octanol–water partition coefficient (Wildman–Crippen LogP) is -0.0377. The summed E-state index contributed by atoms with van der Waals surface area (Å²) >= 11 is -3.27. The Bertz CT molecular complexity index is 579. The fourth-order valence-corrected chi connectivity index (χ4v) is 6.64. The average molecular weight is 359 g/mol. The third-order valence-electron chi connectivity index (χ3n) is 1.79. The minimum absolute atomic E-state index is 0.218. The van der Waals surface area contributed by atoms with Crippen LogP contribution in [-0.4, -0.2) is 55.5 Å². The summed E-state index contributed by atoms with van der Waals surface area (Å²) in [5.41, 5.74) is -5.89. The van der Waals surface area contributed by atoms with Crippen LogP contribution in [0, 0.1) is 0 Å². The van der Waals surface area contributed by atoms with E-state index < -0.39 is 47.0 Å². The number of alkyl halides is 3. The van der Waals surface area contributed by atoms with Crippen molar-refractivity contribution >= 4 is 30.9 Å². The Balaban J connectivity index is 6.01. The van der Waals surface area contributed by atoms with Gasteiger partial charge in [-0.3, -0.25) is 4.18 Å². The van der Waals surface area contributed by atoms with Crippen molar-refractivity contribution in [1.29, 1.82) is 0 Å². The molecule has 0 aliphatic heterocycles. The maximum atomic E-state index is 12.5. The van der Waals surface area contributed by atoms with Crippen molar-refractivity contribution < 1.29 is 38.4 Å². The van der Waals surface area contributed by atoms with Crippen molar-refractivity contribution in [2.75, 3.05) is 20.7 Å². The van der Waals surface area contributed by atoms with Crippen molar-refractivity contribution in [3.63, 3.8) is 0 Å². The average Bonchev–Trinajstić information content (AvgIpc) is 2.23. The third kappa shape index (κ3) is 4.00. The second-order valence-corrected chi connectivity index (χ2v) is 9.82. The van der Waals surface area contributed by atoms with Gasteiger partial charge in [0.2, 0.25) is 10.0 Å².